The first kappa shape index (κ1) is 18.4. The van der Waals surface area contributed by atoms with Gasteiger partial charge in [0.1, 0.15) is 11.4 Å². The van der Waals surface area contributed by atoms with Crippen molar-refractivity contribution in [2.75, 3.05) is 13.7 Å². The number of H-pyrrole nitrogens is 1. The van der Waals surface area contributed by atoms with Gasteiger partial charge in [-0.1, -0.05) is 12.1 Å². The summed E-state index contributed by atoms with van der Waals surface area (Å²) in [5.74, 6) is 1.45. The van der Waals surface area contributed by atoms with Crippen LogP contribution in [0, 0.1) is 13.8 Å². The molecular weight excluding hydrogens is 352 g/mol. The molecule has 0 amide bonds. The maximum atomic E-state index is 12.5. The summed E-state index contributed by atoms with van der Waals surface area (Å²) in [6, 6.07) is 9.87. The lowest BCUT2D eigenvalue weighted by atomic mass is 10.0. The first-order chi connectivity index (χ1) is 13.5. The van der Waals surface area contributed by atoms with Gasteiger partial charge in [-0.3, -0.25) is 14.7 Å². The second kappa shape index (κ2) is 7.56. The monoisotopic (exact) mass is 376 g/mol. The lowest BCUT2D eigenvalue weighted by Crippen LogP contribution is -2.35. The van der Waals surface area contributed by atoms with Crippen LogP contribution in [-0.4, -0.2) is 33.5 Å². The van der Waals surface area contributed by atoms with E-state index < -0.39 is 0 Å². The van der Waals surface area contributed by atoms with Crippen LogP contribution in [0.25, 0.3) is 11.5 Å². The standard InChI is InChI=1S/C22H24N4O2/c1-14-11-20(28-3)15(2)10-16(14)12-26-9-7-17-19(13-26)24-21(25-22(17)27)18-6-4-5-8-23-18/h4-6,8,10-11H,7,9,12-13H2,1-3H3,(H,24,25,27). The van der Waals surface area contributed by atoms with Gasteiger partial charge in [0.2, 0.25) is 0 Å². The second-order valence-corrected chi connectivity index (χ2v) is 7.26. The Morgan fingerprint density at radius 3 is 2.82 bits per heavy atom. The molecule has 0 saturated heterocycles. The predicted octanol–water partition coefficient (Wildman–Crippen LogP) is 3.02. The molecule has 0 unspecified atom stereocenters. The van der Waals surface area contributed by atoms with Crippen molar-refractivity contribution < 1.29 is 4.74 Å². The molecule has 0 saturated carbocycles. The Bertz CT molecular complexity index is 1060. The van der Waals surface area contributed by atoms with Crippen molar-refractivity contribution in [1.29, 1.82) is 0 Å². The van der Waals surface area contributed by atoms with Crippen molar-refractivity contribution in [2.24, 2.45) is 0 Å². The number of hydrogen-bond acceptors (Lipinski definition) is 5. The van der Waals surface area contributed by atoms with Gasteiger partial charge in [-0.25, -0.2) is 4.98 Å². The quantitative estimate of drug-likeness (QED) is 0.758. The molecule has 0 fully saturated rings. The summed E-state index contributed by atoms with van der Waals surface area (Å²) in [6.07, 6.45) is 2.41. The number of ether oxygens (including phenoxy) is 1. The van der Waals surface area contributed by atoms with Crippen LogP contribution in [0.4, 0.5) is 0 Å². The van der Waals surface area contributed by atoms with Crippen LogP contribution < -0.4 is 10.3 Å². The van der Waals surface area contributed by atoms with E-state index in [4.69, 9.17) is 9.72 Å². The molecule has 2 aromatic heterocycles. The topological polar surface area (TPSA) is 71.1 Å². The molecule has 1 aliphatic heterocycles. The molecule has 3 aromatic rings. The maximum absolute atomic E-state index is 12.5. The van der Waals surface area contributed by atoms with Crippen molar-refractivity contribution in [2.45, 2.75) is 33.4 Å². The molecular formula is C22H24N4O2. The average molecular weight is 376 g/mol. The van der Waals surface area contributed by atoms with Crippen LogP contribution in [0.1, 0.15) is 27.9 Å². The van der Waals surface area contributed by atoms with E-state index in [-0.39, 0.29) is 5.56 Å². The Kier molecular flexibility index (Phi) is 4.96. The number of rotatable bonds is 4. The van der Waals surface area contributed by atoms with Gasteiger partial charge in [0, 0.05) is 31.4 Å². The Hall–Kier alpha value is -2.99. The molecule has 6 heteroatoms. The number of aromatic amines is 1. The smallest absolute Gasteiger partial charge is 0.254 e. The molecule has 0 bridgehead atoms. The van der Waals surface area contributed by atoms with E-state index in [9.17, 15) is 4.79 Å². The fourth-order valence-corrected chi connectivity index (χ4v) is 3.73. The van der Waals surface area contributed by atoms with Crippen LogP contribution in [0.2, 0.25) is 0 Å². The van der Waals surface area contributed by atoms with Crippen molar-refractivity contribution >= 4 is 0 Å². The van der Waals surface area contributed by atoms with Crippen LogP contribution >= 0.6 is 0 Å². The van der Waals surface area contributed by atoms with Gasteiger partial charge in [0.15, 0.2) is 5.82 Å². The molecule has 1 aliphatic rings. The number of fused-ring (bicyclic) bond motifs is 1. The average Bonchev–Trinajstić information content (AvgIpc) is 2.71. The summed E-state index contributed by atoms with van der Waals surface area (Å²) in [5, 5.41) is 0. The SMILES string of the molecule is COc1cc(C)c(CN2CCc3c(nc(-c4ccccn4)[nH]c3=O)C2)cc1C. The zero-order chi connectivity index (χ0) is 19.7. The molecule has 6 nitrogen and oxygen atoms in total. The molecule has 0 radical (unpaired) electrons. The Morgan fingerprint density at radius 1 is 1.21 bits per heavy atom. The zero-order valence-electron chi connectivity index (χ0n) is 16.5. The number of aromatic nitrogens is 3. The van der Waals surface area contributed by atoms with E-state index in [1.54, 1.807) is 13.3 Å². The highest BCUT2D eigenvalue weighted by Crippen LogP contribution is 2.25. The molecule has 0 spiro atoms. The first-order valence-corrected chi connectivity index (χ1v) is 9.45. The van der Waals surface area contributed by atoms with E-state index in [1.807, 2.05) is 18.2 Å². The highest BCUT2D eigenvalue weighted by molar-refractivity contribution is 5.49. The van der Waals surface area contributed by atoms with E-state index in [0.29, 0.717) is 24.5 Å². The molecule has 0 atom stereocenters. The molecule has 1 N–H and O–H groups in total. The van der Waals surface area contributed by atoms with Gasteiger partial charge in [-0.15, -0.1) is 0 Å². The summed E-state index contributed by atoms with van der Waals surface area (Å²) in [5.41, 5.74) is 5.88. The minimum absolute atomic E-state index is 0.0539. The van der Waals surface area contributed by atoms with Crippen LogP contribution in [0.15, 0.2) is 41.3 Å². The number of methoxy groups -OCH3 is 1. The number of benzene rings is 1. The fourth-order valence-electron chi connectivity index (χ4n) is 3.73. The number of hydrogen-bond donors (Lipinski definition) is 1. The number of nitrogens with zero attached hydrogens (tertiary/aromatic N) is 3. The largest absolute Gasteiger partial charge is 0.496 e. The number of pyridine rings is 1. The third kappa shape index (κ3) is 3.55. The summed E-state index contributed by atoms with van der Waals surface area (Å²) in [7, 11) is 1.70. The molecule has 4 rings (SSSR count). The van der Waals surface area contributed by atoms with Gasteiger partial charge in [0.05, 0.1) is 12.8 Å². The third-order valence-corrected chi connectivity index (χ3v) is 5.31. The van der Waals surface area contributed by atoms with Gasteiger partial charge in [0.25, 0.3) is 5.56 Å². The van der Waals surface area contributed by atoms with Crippen LogP contribution in [0.5, 0.6) is 5.75 Å². The van der Waals surface area contributed by atoms with E-state index >= 15 is 0 Å². The minimum atomic E-state index is -0.0539. The summed E-state index contributed by atoms with van der Waals surface area (Å²) in [6.45, 7) is 6.49. The second-order valence-electron chi connectivity index (χ2n) is 7.26. The van der Waals surface area contributed by atoms with Crippen molar-refractivity contribution in [3.8, 4) is 17.3 Å². The molecule has 3 heterocycles. The van der Waals surface area contributed by atoms with Gasteiger partial charge in [-0.2, -0.15) is 0 Å². The van der Waals surface area contributed by atoms with E-state index in [0.717, 1.165) is 35.7 Å². The third-order valence-electron chi connectivity index (χ3n) is 5.31. The first-order valence-electron chi connectivity index (χ1n) is 9.45. The molecule has 144 valence electrons. The highest BCUT2D eigenvalue weighted by Gasteiger charge is 2.22. The number of nitrogens with one attached hydrogen (secondary N) is 1. The van der Waals surface area contributed by atoms with Crippen molar-refractivity contribution in [3.63, 3.8) is 0 Å². The zero-order valence-corrected chi connectivity index (χ0v) is 16.5. The van der Waals surface area contributed by atoms with Crippen molar-refractivity contribution in [1.82, 2.24) is 19.9 Å². The Labute approximate surface area is 164 Å². The lowest BCUT2D eigenvalue weighted by Gasteiger charge is -2.28. The van der Waals surface area contributed by atoms with Crippen molar-refractivity contribution in [3.05, 3.63) is 74.8 Å². The normalized spacial score (nSPS) is 14.0. The molecule has 1 aromatic carbocycles. The lowest BCUT2D eigenvalue weighted by molar-refractivity contribution is 0.240. The highest BCUT2D eigenvalue weighted by atomic mass is 16.5. The maximum Gasteiger partial charge on any atom is 0.254 e. The van der Waals surface area contributed by atoms with Gasteiger partial charge < -0.3 is 9.72 Å². The summed E-state index contributed by atoms with van der Waals surface area (Å²) < 4.78 is 5.42. The van der Waals surface area contributed by atoms with Crippen LogP contribution in [-0.2, 0) is 19.5 Å². The number of aryl methyl sites for hydroxylation is 2. The van der Waals surface area contributed by atoms with Crippen LogP contribution in [0.3, 0.4) is 0 Å². The van der Waals surface area contributed by atoms with Gasteiger partial charge >= 0.3 is 0 Å². The summed E-state index contributed by atoms with van der Waals surface area (Å²) >= 11 is 0. The van der Waals surface area contributed by atoms with E-state index in [1.165, 1.54) is 11.1 Å². The summed E-state index contributed by atoms with van der Waals surface area (Å²) in [4.78, 5) is 26.8. The molecule has 0 aliphatic carbocycles. The fraction of sp³-hybridized carbons (Fsp3) is 0.318. The van der Waals surface area contributed by atoms with Gasteiger partial charge in [-0.05, 0) is 55.2 Å². The predicted molar refractivity (Wildman–Crippen MR) is 108 cm³/mol. The Morgan fingerprint density at radius 2 is 2.07 bits per heavy atom. The Balaban J connectivity index is 1.60. The minimum Gasteiger partial charge on any atom is -0.496 e. The molecule has 28 heavy (non-hydrogen) atoms. The van der Waals surface area contributed by atoms with E-state index in [2.05, 4.69) is 40.8 Å².